The van der Waals surface area contributed by atoms with Crippen molar-refractivity contribution in [3.63, 3.8) is 0 Å². The Hall–Kier alpha value is -1.51. The molecular weight excluding hydrogens is 296 g/mol. The van der Waals surface area contributed by atoms with Crippen molar-refractivity contribution < 1.29 is 9.53 Å². The van der Waals surface area contributed by atoms with Crippen LogP contribution in [0.15, 0.2) is 6.20 Å². The Morgan fingerprint density at radius 2 is 2.13 bits per heavy atom. The van der Waals surface area contributed by atoms with Crippen molar-refractivity contribution in [1.82, 2.24) is 24.8 Å². The van der Waals surface area contributed by atoms with Gasteiger partial charge in [-0.05, 0) is 32.4 Å². The number of nitrogens with zero attached hydrogens (tertiary/aromatic N) is 5. The number of nitrogens with two attached hydrogens (primary N) is 1. The number of rotatable bonds is 5. The molecule has 1 unspecified atom stereocenters. The smallest absolute Gasteiger partial charge is 0.276 e. The van der Waals surface area contributed by atoms with Crippen LogP contribution in [0.1, 0.15) is 29.8 Å². The minimum absolute atomic E-state index is 0.0646. The Morgan fingerprint density at radius 3 is 2.91 bits per heavy atom. The molecule has 0 radical (unpaired) electrons. The van der Waals surface area contributed by atoms with Gasteiger partial charge in [0.05, 0.1) is 18.8 Å². The van der Waals surface area contributed by atoms with Crippen molar-refractivity contribution in [3.05, 3.63) is 11.9 Å². The summed E-state index contributed by atoms with van der Waals surface area (Å²) in [7, 11) is 0. The summed E-state index contributed by atoms with van der Waals surface area (Å²) in [6.45, 7) is 6.28. The molecule has 1 amide bonds. The fourth-order valence-corrected chi connectivity index (χ4v) is 3.24. The first-order valence-corrected chi connectivity index (χ1v) is 8.49. The van der Waals surface area contributed by atoms with Crippen LogP contribution in [-0.2, 0) is 11.3 Å². The van der Waals surface area contributed by atoms with Crippen molar-refractivity contribution in [1.29, 1.82) is 0 Å². The van der Waals surface area contributed by atoms with Crippen LogP contribution in [0, 0.1) is 0 Å². The first kappa shape index (κ1) is 16.4. The van der Waals surface area contributed by atoms with Gasteiger partial charge in [0.1, 0.15) is 0 Å². The lowest BCUT2D eigenvalue weighted by Gasteiger charge is -2.26. The van der Waals surface area contributed by atoms with Crippen LogP contribution in [0.25, 0.3) is 0 Å². The second-order valence-electron chi connectivity index (χ2n) is 6.26. The molecule has 0 aliphatic carbocycles. The zero-order chi connectivity index (χ0) is 16.1. The Balaban J connectivity index is 1.61. The van der Waals surface area contributed by atoms with Gasteiger partial charge in [0.15, 0.2) is 5.69 Å². The molecule has 23 heavy (non-hydrogen) atoms. The van der Waals surface area contributed by atoms with Crippen LogP contribution in [0.4, 0.5) is 0 Å². The fraction of sp³-hybridized carbons (Fsp3) is 0.800. The lowest BCUT2D eigenvalue weighted by atomic mass is 10.2. The van der Waals surface area contributed by atoms with E-state index in [1.54, 1.807) is 10.9 Å². The second-order valence-corrected chi connectivity index (χ2v) is 6.26. The molecular formula is C15H26N6O2. The van der Waals surface area contributed by atoms with Crippen molar-refractivity contribution in [2.24, 2.45) is 5.73 Å². The number of amides is 1. The molecule has 0 spiro atoms. The predicted molar refractivity (Wildman–Crippen MR) is 85.0 cm³/mol. The summed E-state index contributed by atoms with van der Waals surface area (Å²) in [5.41, 5.74) is 5.89. The maximum Gasteiger partial charge on any atom is 0.276 e. The van der Waals surface area contributed by atoms with Crippen LogP contribution in [0.5, 0.6) is 0 Å². The minimum Gasteiger partial charge on any atom is -0.375 e. The highest BCUT2D eigenvalue weighted by Gasteiger charge is 2.27. The van der Waals surface area contributed by atoms with Gasteiger partial charge in [-0.2, -0.15) is 0 Å². The molecule has 8 nitrogen and oxygen atoms in total. The van der Waals surface area contributed by atoms with E-state index in [-0.39, 0.29) is 12.0 Å². The van der Waals surface area contributed by atoms with E-state index in [9.17, 15) is 4.79 Å². The SMILES string of the molecule is NCCn1cc(C(=O)N2CCCOC(CN3CCCC3)C2)nn1. The number of carbonyl (C=O) groups is 1. The average molecular weight is 322 g/mol. The van der Waals surface area contributed by atoms with Crippen LogP contribution < -0.4 is 5.73 Å². The summed E-state index contributed by atoms with van der Waals surface area (Å²) in [5, 5.41) is 7.93. The van der Waals surface area contributed by atoms with Crippen LogP contribution in [-0.4, -0.2) is 82.7 Å². The molecule has 0 saturated carbocycles. The zero-order valence-electron chi connectivity index (χ0n) is 13.6. The molecule has 2 saturated heterocycles. The van der Waals surface area contributed by atoms with E-state index >= 15 is 0 Å². The molecule has 3 rings (SSSR count). The molecule has 2 fully saturated rings. The summed E-state index contributed by atoms with van der Waals surface area (Å²) in [5.74, 6) is -0.0646. The molecule has 0 aromatic carbocycles. The number of ether oxygens (including phenoxy) is 1. The molecule has 8 heteroatoms. The molecule has 1 atom stereocenters. The Bertz CT molecular complexity index is 514. The Morgan fingerprint density at radius 1 is 1.30 bits per heavy atom. The van der Waals surface area contributed by atoms with Crippen molar-refractivity contribution >= 4 is 5.91 Å². The van der Waals surface area contributed by atoms with E-state index < -0.39 is 0 Å². The molecule has 128 valence electrons. The number of aromatic nitrogens is 3. The topological polar surface area (TPSA) is 89.5 Å². The maximum absolute atomic E-state index is 12.7. The van der Waals surface area contributed by atoms with Gasteiger partial charge < -0.3 is 20.3 Å². The molecule has 0 bridgehead atoms. The number of hydrogen-bond donors (Lipinski definition) is 1. The zero-order valence-corrected chi connectivity index (χ0v) is 13.6. The van der Waals surface area contributed by atoms with E-state index in [1.807, 2.05) is 4.90 Å². The lowest BCUT2D eigenvalue weighted by molar-refractivity contribution is 0.0296. The Labute approximate surface area is 136 Å². The van der Waals surface area contributed by atoms with E-state index in [0.29, 0.717) is 38.5 Å². The van der Waals surface area contributed by atoms with Crippen molar-refractivity contribution in [3.8, 4) is 0 Å². The standard InChI is InChI=1S/C15H26N6O2/c16-4-8-21-12-14(17-18-21)15(22)20-7-3-9-23-13(11-20)10-19-5-1-2-6-19/h12-13H,1-11,16H2. The number of hydrogen-bond acceptors (Lipinski definition) is 6. The molecule has 1 aromatic heterocycles. The molecule has 1 aromatic rings. The van der Waals surface area contributed by atoms with E-state index in [4.69, 9.17) is 10.5 Å². The highest BCUT2D eigenvalue weighted by molar-refractivity contribution is 5.91. The molecule has 3 heterocycles. The van der Waals surface area contributed by atoms with E-state index in [1.165, 1.54) is 12.8 Å². The van der Waals surface area contributed by atoms with Gasteiger partial charge >= 0.3 is 0 Å². The predicted octanol–water partition coefficient (Wildman–Crippen LogP) is -0.436. The average Bonchev–Trinajstić information content (AvgIpc) is 3.16. The summed E-state index contributed by atoms with van der Waals surface area (Å²) in [4.78, 5) is 16.9. The Kier molecular flexibility index (Phi) is 5.58. The first-order chi connectivity index (χ1) is 11.3. The summed E-state index contributed by atoms with van der Waals surface area (Å²) >= 11 is 0. The molecule has 2 aliphatic rings. The summed E-state index contributed by atoms with van der Waals surface area (Å²) < 4.78 is 7.55. The monoisotopic (exact) mass is 322 g/mol. The van der Waals surface area contributed by atoms with Crippen LogP contribution in [0.3, 0.4) is 0 Å². The normalized spacial score (nSPS) is 23.2. The first-order valence-electron chi connectivity index (χ1n) is 8.49. The minimum atomic E-state index is -0.0646. The third kappa shape index (κ3) is 4.27. The molecule has 2 N–H and O–H groups in total. The van der Waals surface area contributed by atoms with Gasteiger partial charge in [-0.25, -0.2) is 0 Å². The highest BCUT2D eigenvalue weighted by Crippen LogP contribution is 2.14. The largest absolute Gasteiger partial charge is 0.375 e. The molecule has 2 aliphatic heterocycles. The second kappa shape index (κ2) is 7.85. The van der Waals surface area contributed by atoms with Gasteiger partial charge in [0, 0.05) is 32.8 Å². The number of carbonyl (C=O) groups excluding carboxylic acids is 1. The van der Waals surface area contributed by atoms with Crippen LogP contribution >= 0.6 is 0 Å². The summed E-state index contributed by atoms with van der Waals surface area (Å²) in [6, 6.07) is 0. The van der Waals surface area contributed by atoms with E-state index in [2.05, 4.69) is 15.2 Å². The quantitative estimate of drug-likeness (QED) is 0.791. The van der Waals surface area contributed by atoms with Gasteiger partial charge in [0.25, 0.3) is 5.91 Å². The van der Waals surface area contributed by atoms with Gasteiger partial charge in [-0.1, -0.05) is 5.21 Å². The fourth-order valence-electron chi connectivity index (χ4n) is 3.24. The van der Waals surface area contributed by atoms with Crippen molar-refractivity contribution in [2.45, 2.75) is 31.9 Å². The van der Waals surface area contributed by atoms with Crippen molar-refractivity contribution in [2.75, 3.05) is 45.9 Å². The third-order valence-corrected chi connectivity index (χ3v) is 4.41. The van der Waals surface area contributed by atoms with Crippen LogP contribution in [0.2, 0.25) is 0 Å². The van der Waals surface area contributed by atoms with Gasteiger partial charge in [-0.3, -0.25) is 9.48 Å². The maximum atomic E-state index is 12.7. The van der Waals surface area contributed by atoms with E-state index in [0.717, 1.165) is 26.1 Å². The van der Waals surface area contributed by atoms with Gasteiger partial charge in [-0.15, -0.1) is 5.10 Å². The summed E-state index contributed by atoms with van der Waals surface area (Å²) in [6.07, 6.45) is 5.15. The van der Waals surface area contributed by atoms with Gasteiger partial charge in [0.2, 0.25) is 0 Å². The lowest BCUT2D eigenvalue weighted by Crippen LogP contribution is -2.42. The third-order valence-electron chi connectivity index (χ3n) is 4.41. The number of likely N-dealkylation sites (tertiary alicyclic amines) is 1. The highest BCUT2D eigenvalue weighted by atomic mass is 16.5.